The smallest absolute Gasteiger partial charge is 0.256 e. The van der Waals surface area contributed by atoms with Gasteiger partial charge < -0.3 is 5.73 Å². The zero-order valence-electron chi connectivity index (χ0n) is 7.52. The Labute approximate surface area is 72.3 Å². The van der Waals surface area contributed by atoms with Crippen LogP contribution in [0.4, 0.5) is 8.78 Å². The summed E-state index contributed by atoms with van der Waals surface area (Å²) >= 11 is 0. The number of hydrogen-bond acceptors (Lipinski definition) is 1. The number of alkyl halides is 2. The topological polar surface area (TPSA) is 26.0 Å². The predicted molar refractivity (Wildman–Crippen MR) is 45.2 cm³/mol. The van der Waals surface area contributed by atoms with Crippen molar-refractivity contribution in [2.75, 3.05) is 0 Å². The first-order valence-electron chi connectivity index (χ1n) is 4.61. The highest BCUT2D eigenvalue weighted by Gasteiger charge is 2.36. The van der Waals surface area contributed by atoms with Crippen molar-refractivity contribution in [2.24, 2.45) is 11.7 Å². The molecule has 1 fully saturated rings. The van der Waals surface area contributed by atoms with Crippen LogP contribution in [-0.4, -0.2) is 12.0 Å². The minimum atomic E-state index is -2.36. The van der Waals surface area contributed by atoms with Crippen LogP contribution in [0.25, 0.3) is 0 Å². The van der Waals surface area contributed by atoms with Crippen molar-refractivity contribution in [3.63, 3.8) is 0 Å². The predicted octanol–water partition coefficient (Wildman–Crippen LogP) is 2.55. The maximum absolute atomic E-state index is 12.5. The van der Waals surface area contributed by atoms with E-state index < -0.39 is 12.0 Å². The SMILES string of the molecule is CC1CCCC(N)(C(F)F)CC1. The van der Waals surface area contributed by atoms with E-state index in [1.165, 1.54) is 0 Å². The van der Waals surface area contributed by atoms with Crippen LogP contribution in [0.3, 0.4) is 0 Å². The molecule has 0 radical (unpaired) electrons. The average molecular weight is 177 g/mol. The second-order valence-corrected chi connectivity index (χ2v) is 4.07. The maximum atomic E-state index is 12.5. The molecule has 0 spiro atoms. The van der Waals surface area contributed by atoms with Crippen molar-refractivity contribution in [3.05, 3.63) is 0 Å². The van der Waals surface area contributed by atoms with Crippen molar-refractivity contribution < 1.29 is 8.78 Å². The molecule has 0 amide bonds. The first-order valence-corrected chi connectivity index (χ1v) is 4.61. The summed E-state index contributed by atoms with van der Waals surface area (Å²) in [6, 6.07) is 0. The quantitative estimate of drug-likeness (QED) is 0.612. The van der Waals surface area contributed by atoms with Gasteiger partial charge in [0.25, 0.3) is 6.43 Å². The van der Waals surface area contributed by atoms with Crippen LogP contribution >= 0.6 is 0 Å². The van der Waals surface area contributed by atoms with E-state index >= 15 is 0 Å². The van der Waals surface area contributed by atoms with Crippen LogP contribution in [0, 0.1) is 5.92 Å². The molecule has 1 aliphatic carbocycles. The standard InChI is InChI=1S/C9H17F2N/c1-7-3-2-5-9(12,6-4-7)8(10)11/h7-8H,2-6,12H2,1H3. The fourth-order valence-corrected chi connectivity index (χ4v) is 1.78. The summed E-state index contributed by atoms with van der Waals surface area (Å²) in [6.07, 6.45) is 1.35. The molecule has 3 heteroatoms. The lowest BCUT2D eigenvalue weighted by molar-refractivity contribution is 0.0440. The summed E-state index contributed by atoms with van der Waals surface area (Å²) in [5, 5.41) is 0. The third-order valence-corrected chi connectivity index (χ3v) is 2.88. The molecule has 72 valence electrons. The number of hydrogen-bond donors (Lipinski definition) is 1. The van der Waals surface area contributed by atoms with Gasteiger partial charge in [-0.2, -0.15) is 0 Å². The Morgan fingerprint density at radius 2 is 2.00 bits per heavy atom. The van der Waals surface area contributed by atoms with Crippen LogP contribution in [0.5, 0.6) is 0 Å². The monoisotopic (exact) mass is 177 g/mol. The molecule has 1 aliphatic rings. The Kier molecular flexibility index (Phi) is 3.04. The molecule has 2 unspecified atom stereocenters. The highest BCUT2D eigenvalue weighted by Crippen LogP contribution is 2.32. The Balaban J connectivity index is 2.55. The van der Waals surface area contributed by atoms with Crippen LogP contribution in [0.15, 0.2) is 0 Å². The molecule has 0 saturated heterocycles. The van der Waals surface area contributed by atoms with Crippen molar-refractivity contribution >= 4 is 0 Å². The lowest BCUT2D eigenvalue weighted by atomic mass is 9.91. The van der Waals surface area contributed by atoms with Gasteiger partial charge in [0.2, 0.25) is 0 Å². The molecule has 2 N–H and O–H groups in total. The summed E-state index contributed by atoms with van der Waals surface area (Å²) in [4.78, 5) is 0. The van der Waals surface area contributed by atoms with Crippen molar-refractivity contribution in [3.8, 4) is 0 Å². The van der Waals surface area contributed by atoms with Gasteiger partial charge in [-0.05, 0) is 25.2 Å². The van der Waals surface area contributed by atoms with E-state index in [9.17, 15) is 8.78 Å². The normalized spacial score (nSPS) is 38.2. The zero-order chi connectivity index (χ0) is 9.19. The number of nitrogens with two attached hydrogens (primary N) is 1. The minimum Gasteiger partial charge on any atom is -0.320 e. The van der Waals surface area contributed by atoms with Gasteiger partial charge in [-0.3, -0.25) is 0 Å². The molecular weight excluding hydrogens is 160 g/mol. The van der Waals surface area contributed by atoms with E-state index in [0.29, 0.717) is 18.8 Å². The number of halogens is 2. The van der Waals surface area contributed by atoms with Crippen LogP contribution < -0.4 is 5.73 Å². The molecule has 0 bridgehead atoms. The van der Waals surface area contributed by atoms with Gasteiger partial charge in [0.05, 0.1) is 5.54 Å². The molecule has 0 heterocycles. The van der Waals surface area contributed by atoms with E-state index in [0.717, 1.165) is 19.3 Å². The molecule has 0 aromatic carbocycles. The Hall–Kier alpha value is -0.180. The second kappa shape index (κ2) is 3.69. The second-order valence-electron chi connectivity index (χ2n) is 4.07. The van der Waals surface area contributed by atoms with Crippen molar-refractivity contribution in [2.45, 2.75) is 51.0 Å². The highest BCUT2D eigenvalue weighted by molar-refractivity contribution is 4.89. The molecule has 12 heavy (non-hydrogen) atoms. The van der Waals surface area contributed by atoms with Gasteiger partial charge in [-0.1, -0.05) is 19.8 Å². The van der Waals surface area contributed by atoms with Gasteiger partial charge in [0, 0.05) is 0 Å². The molecule has 2 atom stereocenters. The fraction of sp³-hybridized carbons (Fsp3) is 1.00. The van der Waals surface area contributed by atoms with Gasteiger partial charge in [0.1, 0.15) is 0 Å². The van der Waals surface area contributed by atoms with E-state index in [1.54, 1.807) is 0 Å². The summed E-state index contributed by atoms with van der Waals surface area (Å²) in [7, 11) is 0. The third kappa shape index (κ3) is 2.16. The first-order chi connectivity index (χ1) is 5.54. The van der Waals surface area contributed by atoms with Gasteiger partial charge in [0.15, 0.2) is 0 Å². The number of rotatable bonds is 1. The van der Waals surface area contributed by atoms with Gasteiger partial charge in [-0.25, -0.2) is 8.78 Å². The van der Waals surface area contributed by atoms with Crippen LogP contribution in [0.2, 0.25) is 0 Å². The summed E-state index contributed by atoms with van der Waals surface area (Å²) in [5.41, 5.74) is 4.42. The summed E-state index contributed by atoms with van der Waals surface area (Å²) < 4.78 is 25.0. The first kappa shape index (κ1) is 9.90. The van der Waals surface area contributed by atoms with E-state index in [-0.39, 0.29) is 0 Å². The van der Waals surface area contributed by atoms with Crippen LogP contribution in [-0.2, 0) is 0 Å². The Bertz CT molecular complexity index is 149. The van der Waals surface area contributed by atoms with Crippen molar-refractivity contribution in [1.82, 2.24) is 0 Å². The minimum absolute atomic E-state index is 0.478. The van der Waals surface area contributed by atoms with Gasteiger partial charge >= 0.3 is 0 Å². The van der Waals surface area contributed by atoms with E-state index in [1.807, 2.05) is 0 Å². The zero-order valence-corrected chi connectivity index (χ0v) is 7.52. The average Bonchev–Trinajstić information content (AvgIpc) is 2.15. The molecule has 0 aromatic rings. The molecule has 0 aliphatic heterocycles. The molecular formula is C9H17F2N. The van der Waals surface area contributed by atoms with Crippen LogP contribution in [0.1, 0.15) is 39.0 Å². The molecule has 1 rings (SSSR count). The molecule has 0 aromatic heterocycles. The lowest BCUT2D eigenvalue weighted by Crippen LogP contribution is -2.46. The largest absolute Gasteiger partial charge is 0.320 e. The van der Waals surface area contributed by atoms with Crippen molar-refractivity contribution in [1.29, 1.82) is 0 Å². The maximum Gasteiger partial charge on any atom is 0.256 e. The lowest BCUT2D eigenvalue weighted by Gasteiger charge is -2.26. The molecule has 1 nitrogen and oxygen atoms in total. The summed E-state index contributed by atoms with van der Waals surface area (Å²) in [5.74, 6) is 0.564. The molecule has 1 saturated carbocycles. The third-order valence-electron chi connectivity index (χ3n) is 2.88. The van der Waals surface area contributed by atoms with E-state index in [2.05, 4.69) is 6.92 Å². The fourth-order valence-electron chi connectivity index (χ4n) is 1.78. The summed E-state index contributed by atoms with van der Waals surface area (Å²) in [6.45, 7) is 2.11. The van der Waals surface area contributed by atoms with E-state index in [4.69, 9.17) is 5.73 Å². The van der Waals surface area contributed by atoms with Gasteiger partial charge in [-0.15, -0.1) is 0 Å². The Morgan fingerprint density at radius 1 is 1.33 bits per heavy atom. The highest BCUT2D eigenvalue weighted by atomic mass is 19.3. The Morgan fingerprint density at radius 3 is 2.58 bits per heavy atom.